The summed E-state index contributed by atoms with van der Waals surface area (Å²) in [6.07, 6.45) is 0. The minimum Gasteiger partial charge on any atom is -0.383 e. The Labute approximate surface area is 216 Å². The maximum Gasteiger partial charge on any atom is 0.254 e. The lowest BCUT2D eigenvalue weighted by Gasteiger charge is -2.41. The molecule has 36 heavy (non-hydrogen) atoms. The third kappa shape index (κ3) is 4.76. The SMILES string of the molecule is COCCN1C(=O)c2ccccc2[C@H](C(=O)Nc2ccccc2N2CCN(C)CC2)[C@H]1c1cccs1. The largest absolute Gasteiger partial charge is 0.383 e. The Morgan fingerprint density at radius 1 is 1.03 bits per heavy atom. The number of methoxy groups -OCH3 is 1. The fraction of sp³-hybridized carbons (Fsp3) is 0.357. The molecule has 1 fully saturated rings. The molecule has 1 N–H and O–H groups in total. The average molecular weight is 505 g/mol. The summed E-state index contributed by atoms with van der Waals surface area (Å²) >= 11 is 1.57. The molecule has 2 atom stereocenters. The monoisotopic (exact) mass is 504 g/mol. The van der Waals surface area contributed by atoms with Crippen LogP contribution in [-0.2, 0) is 9.53 Å². The first-order valence-electron chi connectivity index (χ1n) is 12.3. The molecule has 0 aliphatic carbocycles. The summed E-state index contributed by atoms with van der Waals surface area (Å²) in [5.41, 5.74) is 3.18. The summed E-state index contributed by atoms with van der Waals surface area (Å²) in [5.74, 6) is -0.727. The first kappa shape index (κ1) is 24.5. The Hall–Kier alpha value is -3.20. The van der Waals surface area contributed by atoms with E-state index in [4.69, 9.17) is 4.74 Å². The van der Waals surface area contributed by atoms with Crippen LogP contribution in [-0.4, -0.2) is 75.1 Å². The van der Waals surface area contributed by atoms with Crippen LogP contribution in [0.3, 0.4) is 0 Å². The zero-order valence-electron chi connectivity index (χ0n) is 20.7. The van der Waals surface area contributed by atoms with E-state index in [0.717, 1.165) is 48.0 Å². The number of nitrogens with one attached hydrogen (secondary N) is 1. The van der Waals surface area contributed by atoms with Gasteiger partial charge in [0.15, 0.2) is 0 Å². The number of piperazine rings is 1. The highest BCUT2D eigenvalue weighted by Crippen LogP contribution is 2.45. The van der Waals surface area contributed by atoms with Gasteiger partial charge in [-0.15, -0.1) is 11.3 Å². The molecule has 188 valence electrons. The summed E-state index contributed by atoms with van der Waals surface area (Å²) in [6, 6.07) is 19.1. The van der Waals surface area contributed by atoms with E-state index in [0.29, 0.717) is 18.7 Å². The van der Waals surface area contributed by atoms with Gasteiger partial charge in [-0.2, -0.15) is 0 Å². The predicted octanol–water partition coefficient (Wildman–Crippen LogP) is 4.07. The summed E-state index contributed by atoms with van der Waals surface area (Å²) in [4.78, 5) is 35.2. The van der Waals surface area contributed by atoms with Gasteiger partial charge in [0, 0.05) is 50.3 Å². The summed E-state index contributed by atoms with van der Waals surface area (Å²) < 4.78 is 5.33. The number of nitrogens with zero attached hydrogens (tertiary/aromatic N) is 3. The van der Waals surface area contributed by atoms with Crippen molar-refractivity contribution < 1.29 is 14.3 Å². The van der Waals surface area contributed by atoms with E-state index in [-0.39, 0.29) is 11.8 Å². The molecule has 2 amide bonds. The maximum absolute atomic E-state index is 14.1. The third-order valence-corrected chi connectivity index (χ3v) is 8.04. The van der Waals surface area contributed by atoms with Gasteiger partial charge in [0.25, 0.3) is 5.91 Å². The van der Waals surface area contributed by atoms with Gasteiger partial charge < -0.3 is 24.8 Å². The molecule has 0 unspecified atom stereocenters. The first-order valence-corrected chi connectivity index (χ1v) is 13.2. The number of rotatable bonds is 7. The number of benzene rings is 2. The Bertz CT molecular complexity index is 1210. The number of carbonyl (C=O) groups is 2. The number of likely N-dealkylation sites (N-methyl/N-ethyl adjacent to an activating group) is 1. The zero-order valence-corrected chi connectivity index (χ0v) is 21.5. The number of ether oxygens (including phenoxy) is 1. The molecule has 8 heteroatoms. The van der Waals surface area contributed by atoms with Crippen LogP contribution >= 0.6 is 11.3 Å². The fourth-order valence-corrected chi connectivity index (χ4v) is 6.07. The lowest BCUT2D eigenvalue weighted by atomic mass is 9.81. The topological polar surface area (TPSA) is 65.1 Å². The van der Waals surface area contributed by atoms with Crippen molar-refractivity contribution in [1.82, 2.24) is 9.80 Å². The summed E-state index contributed by atoms with van der Waals surface area (Å²) in [5, 5.41) is 5.25. The molecule has 1 aromatic heterocycles. The highest BCUT2D eigenvalue weighted by Gasteiger charge is 2.44. The van der Waals surface area contributed by atoms with E-state index >= 15 is 0 Å². The van der Waals surface area contributed by atoms with Crippen molar-refractivity contribution in [3.8, 4) is 0 Å². The molecule has 1 saturated heterocycles. The van der Waals surface area contributed by atoms with E-state index in [9.17, 15) is 9.59 Å². The maximum atomic E-state index is 14.1. The second kappa shape index (κ2) is 10.8. The van der Waals surface area contributed by atoms with Gasteiger partial charge in [-0.3, -0.25) is 9.59 Å². The summed E-state index contributed by atoms with van der Waals surface area (Å²) in [7, 11) is 3.76. The van der Waals surface area contributed by atoms with Gasteiger partial charge in [-0.1, -0.05) is 36.4 Å². The highest BCUT2D eigenvalue weighted by atomic mass is 32.1. The van der Waals surface area contributed by atoms with Crippen LogP contribution < -0.4 is 10.2 Å². The molecule has 2 aliphatic heterocycles. The number of para-hydroxylation sites is 2. The van der Waals surface area contributed by atoms with Crippen LogP contribution in [0.1, 0.15) is 32.8 Å². The highest BCUT2D eigenvalue weighted by molar-refractivity contribution is 7.10. The standard InChI is InChI=1S/C28H32N4O3S/c1-30-13-15-31(16-14-30)23-11-6-5-10-22(23)29-27(33)25-20-8-3-4-9-21(20)28(34)32(17-18-35-2)26(25)24-12-7-19-36-24/h3-12,19,25-26H,13-18H2,1-2H3,(H,29,33)/t25-,26+/m0/s1. The molecule has 0 saturated carbocycles. The normalized spacial score (nSPS) is 20.3. The molecule has 2 aliphatic rings. The number of fused-ring (bicyclic) bond motifs is 1. The minimum absolute atomic E-state index is 0.0667. The van der Waals surface area contributed by atoms with Crippen LogP contribution in [0.5, 0.6) is 0 Å². The van der Waals surface area contributed by atoms with E-state index in [1.807, 2.05) is 60.0 Å². The molecule has 3 aromatic rings. The van der Waals surface area contributed by atoms with Gasteiger partial charge >= 0.3 is 0 Å². The van der Waals surface area contributed by atoms with Crippen LogP contribution in [0.25, 0.3) is 0 Å². The number of hydrogen-bond donors (Lipinski definition) is 1. The molecular formula is C28H32N4O3S. The summed E-state index contributed by atoms with van der Waals surface area (Å²) in [6.45, 7) is 4.59. The molecule has 0 bridgehead atoms. The number of hydrogen-bond acceptors (Lipinski definition) is 6. The quantitative estimate of drug-likeness (QED) is 0.526. The number of carbonyl (C=O) groups excluding carboxylic acids is 2. The molecule has 3 heterocycles. The fourth-order valence-electron chi connectivity index (χ4n) is 5.20. The van der Waals surface area contributed by atoms with Crippen LogP contribution in [0.4, 0.5) is 11.4 Å². The molecule has 0 radical (unpaired) electrons. The van der Waals surface area contributed by atoms with Crippen molar-refractivity contribution in [3.05, 3.63) is 82.0 Å². The Morgan fingerprint density at radius 3 is 2.53 bits per heavy atom. The minimum atomic E-state index is -0.546. The second-order valence-electron chi connectivity index (χ2n) is 9.31. The van der Waals surface area contributed by atoms with Crippen molar-refractivity contribution >= 4 is 34.5 Å². The van der Waals surface area contributed by atoms with Crippen molar-refractivity contribution in [2.45, 2.75) is 12.0 Å². The zero-order chi connectivity index (χ0) is 25.1. The van der Waals surface area contributed by atoms with Crippen molar-refractivity contribution in [2.75, 3.05) is 63.7 Å². The van der Waals surface area contributed by atoms with E-state index in [1.54, 1.807) is 23.3 Å². The van der Waals surface area contributed by atoms with Crippen LogP contribution in [0.2, 0.25) is 0 Å². The molecule has 2 aromatic carbocycles. The van der Waals surface area contributed by atoms with Crippen LogP contribution in [0.15, 0.2) is 66.0 Å². The lowest BCUT2D eigenvalue weighted by molar-refractivity contribution is -0.119. The van der Waals surface area contributed by atoms with Crippen molar-refractivity contribution in [3.63, 3.8) is 0 Å². The smallest absolute Gasteiger partial charge is 0.254 e. The third-order valence-electron chi connectivity index (χ3n) is 7.10. The van der Waals surface area contributed by atoms with Crippen LogP contribution in [0, 0.1) is 0 Å². The number of amides is 2. The Kier molecular flexibility index (Phi) is 7.36. The molecular weight excluding hydrogens is 472 g/mol. The number of anilines is 2. The van der Waals surface area contributed by atoms with Gasteiger partial charge in [-0.25, -0.2) is 0 Å². The van der Waals surface area contributed by atoms with Gasteiger partial charge in [-0.05, 0) is 42.3 Å². The average Bonchev–Trinajstić information content (AvgIpc) is 3.43. The van der Waals surface area contributed by atoms with Crippen molar-refractivity contribution in [1.29, 1.82) is 0 Å². The molecule has 5 rings (SSSR count). The predicted molar refractivity (Wildman–Crippen MR) is 144 cm³/mol. The van der Waals surface area contributed by atoms with Crippen molar-refractivity contribution in [2.24, 2.45) is 0 Å². The molecule has 7 nitrogen and oxygen atoms in total. The van der Waals surface area contributed by atoms with E-state index < -0.39 is 12.0 Å². The first-order chi connectivity index (χ1) is 17.6. The van der Waals surface area contributed by atoms with E-state index in [1.165, 1.54) is 0 Å². The molecule has 0 spiro atoms. The van der Waals surface area contributed by atoms with Gasteiger partial charge in [0.2, 0.25) is 5.91 Å². The Morgan fingerprint density at radius 2 is 1.78 bits per heavy atom. The second-order valence-corrected chi connectivity index (χ2v) is 10.3. The van der Waals surface area contributed by atoms with Gasteiger partial charge in [0.05, 0.1) is 29.9 Å². The number of thiophene rings is 1. The Balaban J connectivity index is 1.52. The van der Waals surface area contributed by atoms with E-state index in [2.05, 4.69) is 28.2 Å². The lowest BCUT2D eigenvalue weighted by Crippen LogP contribution is -2.47. The van der Waals surface area contributed by atoms with Gasteiger partial charge in [0.1, 0.15) is 0 Å².